The summed E-state index contributed by atoms with van der Waals surface area (Å²) in [6.45, 7) is 1.34. The molecule has 2 aromatic carbocycles. The first-order chi connectivity index (χ1) is 22.5. The first-order valence-electron chi connectivity index (χ1n) is 15.4. The molecule has 3 aromatic rings. The van der Waals surface area contributed by atoms with Crippen LogP contribution >= 0.6 is 0 Å². The maximum Gasteiger partial charge on any atom is 0.490 e. The average molecular weight is 659 g/mol. The van der Waals surface area contributed by atoms with Gasteiger partial charge in [0.05, 0.1) is 36.8 Å². The zero-order valence-electron chi connectivity index (χ0n) is 25.9. The number of carboxylic acid groups (broad SMARTS) is 1. The predicted molar refractivity (Wildman–Crippen MR) is 163 cm³/mol. The van der Waals surface area contributed by atoms with Crippen molar-refractivity contribution in [2.24, 2.45) is 0 Å². The molecule has 2 heterocycles. The van der Waals surface area contributed by atoms with E-state index in [0.717, 1.165) is 0 Å². The van der Waals surface area contributed by atoms with Crippen LogP contribution in [-0.4, -0.2) is 95.2 Å². The summed E-state index contributed by atoms with van der Waals surface area (Å²) < 4.78 is 58.5. The van der Waals surface area contributed by atoms with Gasteiger partial charge in [0, 0.05) is 44.8 Å². The van der Waals surface area contributed by atoms with Gasteiger partial charge in [-0.25, -0.2) is 14.6 Å². The maximum atomic E-state index is 14.3. The number of halogens is 3. The molecule has 11 nitrogen and oxygen atoms in total. The number of imidazole rings is 1. The van der Waals surface area contributed by atoms with Gasteiger partial charge in [0.25, 0.3) is 5.91 Å². The first kappa shape index (κ1) is 33.9. The van der Waals surface area contributed by atoms with Crippen molar-refractivity contribution in [1.82, 2.24) is 19.8 Å². The lowest BCUT2D eigenvalue weighted by Gasteiger charge is -2.44. The van der Waals surface area contributed by atoms with Crippen molar-refractivity contribution in [3.8, 4) is 17.0 Å². The number of aromatic nitrogens is 2. The molecule has 1 aliphatic heterocycles. The summed E-state index contributed by atoms with van der Waals surface area (Å²) in [6, 6.07) is 14.1. The van der Waals surface area contributed by atoms with E-state index in [2.05, 4.69) is 10.3 Å². The van der Waals surface area contributed by atoms with Crippen LogP contribution in [0.4, 0.5) is 13.2 Å². The van der Waals surface area contributed by atoms with E-state index in [-0.39, 0.29) is 42.8 Å². The molecule has 0 spiro atoms. The molecular formula is C33H37F3N4O7. The molecule has 2 fully saturated rings. The molecule has 3 atom stereocenters. The van der Waals surface area contributed by atoms with Crippen LogP contribution in [0.1, 0.15) is 59.0 Å². The van der Waals surface area contributed by atoms with Crippen LogP contribution in [0.25, 0.3) is 11.3 Å². The quantitative estimate of drug-likeness (QED) is 0.281. The van der Waals surface area contributed by atoms with Crippen LogP contribution in [0.5, 0.6) is 5.75 Å². The highest BCUT2D eigenvalue weighted by Crippen LogP contribution is 2.44. The molecule has 1 aliphatic carbocycles. The summed E-state index contributed by atoms with van der Waals surface area (Å²) in [6.07, 6.45) is -1.63. The Kier molecular flexibility index (Phi) is 10.5. The number of rotatable bonds is 11. The fraction of sp³-hybridized carbons (Fsp3) is 0.455. The average Bonchev–Trinajstić information content (AvgIpc) is 3.50. The Morgan fingerprint density at radius 1 is 1.11 bits per heavy atom. The molecule has 2 aliphatic rings. The zero-order chi connectivity index (χ0) is 33.6. The standard InChI is InChI=1S/C33H37F3N4O7/c1-45-20-32(47-31(44)33(34,35)36)14-6-5-12-26(32)40-21-38-27(28(40)22-8-3-2-4-9-22)29(41)39-16-15-37-19-24(39)13-17-46-25-11-7-10-23(18-25)30(42)43/h2-4,7-11,18,21,24,26,37H,5-6,12-17,19-20H2,1H3,(H,42,43)/t24-,26-,32-/m1/s1. The van der Waals surface area contributed by atoms with E-state index in [1.165, 1.54) is 25.6 Å². The lowest BCUT2D eigenvalue weighted by Crippen LogP contribution is -2.54. The number of methoxy groups -OCH3 is 1. The molecule has 14 heteroatoms. The van der Waals surface area contributed by atoms with Crippen LogP contribution in [0, 0.1) is 0 Å². The predicted octanol–water partition coefficient (Wildman–Crippen LogP) is 4.74. The smallest absolute Gasteiger partial charge is 0.490 e. The topological polar surface area (TPSA) is 132 Å². The van der Waals surface area contributed by atoms with Crippen LogP contribution < -0.4 is 10.1 Å². The van der Waals surface area contributed by atoms with Gasteiger partial charge in [-0.15, -0.1) is 0 Å². The highest BCUT2D eigenvalue weighted by molar-refractivity contribution is 5.98. The van der Waals surface area contributed by atoms with E-state index in [1.807, 2.05) is 6.07 Å². The molecule has 0 bridgehead atoms. The van der Waals surface area contributed by atoms with Crippen molar-refractivity contribution in [1.29, 1.82) is 0 Å². The summed E-state index contributed by atoms with van der Waals surface area (Å²) in [5, 5.41) is 12.6. The van der Waals surface area contributed by atoms with E-state index < -0.39 is 29.8 Å². The second-order valence-corrected chi connectivity index (χ2v) is 11.7. The monoisotopic (exact) mass is 658 g/mol. The summed E-state index contributed by atoms with van der Waals surface area (Å²) in [4.78, 5) is 44.1. The number of hydrogen-bond donors (Lipinski definition) is 2. The Balaban J connectivity index is 1.46. The second kappa shape index (κ2) is 14.6. The largest absolute Gasteiger partial charge is 0.493 e. The minimum Gasteiger partial charge on any atom is -0.493 e. The van der Waals surface area contributed by atoms with Crippen molar-refractivity contribution >= 4 is 17.8 Å². The summed E-state index contributed by atoms with van der Waals surface area (Å²) >= 11 is 0. The van der Waals surface area contributed by atoms with Gasteiger partial charge in [0.1, 0.15) is 5.75 Å². The van der Waals surface area contributed by atoms with Crippen molar-refractivity contribution in [3.05, 3.63) is 72.2 Å². The number of carbonyl (C=O) groups excluding carboxylic acids is 2. The molecule has 1 saturated heterocycles. The lowest BCUT2D eigenvalue weighted by atomic mass is 9.80. The Morgan fingerprint density at radius 3 is 2.62 bits per heavy atom. The summed E-state index contributed by atoms with van der Waals surface area (Å²) in [5.41, 5.74) is -0.386. The maximum absolute atomic E-state index is 14.3. The SMILES string of the molecule is COC[C@]1(OC(=O)C(F)(F)F)CCCC[C@H]1n1cnc(C(=O)N2CCNC[C@H]2CCOc2cccc(C(=O)O)c2)c1-c1ccccc1. The molecule has 1 aromatic heterocycles. The van der Waals surface area contributed by atoms with Gasteiger partial charge in [-0.3, -0.25) is 4.79 Å². The van der Waals surface area contributed by atoms with Crippen LogP contribution in [0.2, 0.25) is 0 Å². The normalized spacial score (nSPS) is 21.7. The van der Waals surface area contributed by atoms with Crippen LogP contribution in [0.3, 0.4) is 0 Å². The number of hydrogen-bond acceptors (Lipinski definition) is 8. The van der Waals surface area contributed by atoms with Crippen LogP contribution in [0.15, 0.2) is 60.9 Å². The van der Waals surface area contributed by atoms with Gasteiger partial charge in [-0.2, -0.15) is 13.2 Å². The van der Waals surface area contributed by atoms with Crippen molar-refractivity contribution in [2.75, 3.05) is 40.0 Å². The van der Waals surface area contributed by atoms with Crippen molar-refractivity contribution in [3.63, 3.8) is 0 Å². The highest BCUT2D eigenvalue weighted by Gasteiger charge is 2.52. The number of nitrogens with one attached hydrogen (secondary N) is 1. The number of piperazine rings is 1. The van der Waals surface area contributed by atoms with Gasteiger partial charge in [0.15, 0.2) is 11.3 Å². The van der Waals surface area contributed by atoms with E-state index >= 15 is 0 Å². The molecule has 5 rings (SSSR count). The summed E-state index contributed by atoms with van der Waals surface area (Å²) in [7, 11) is 1.34. The Hall–Kier alpha value is -4.43. The third-order valence-electron chi connectivity index (χ3n) is 8.64. The van der Waals surface area contributed by atoms with E-state index in [1.54, 1.807) is 45.9 Å². The van der Waals surface area contributed by atoms with E-state index in [9.17, 15) is 32.7 Å². The molecule has 47 heavy (non-hydrogen) atoms. The zero-order valence-corrected chi connectivity index (χ0v) is 25.9. The van der Waals surface area contributed by atoms with Gasteiger partial charge >= 0.3 is 18.1 Å². The molecular weight excluding hydrogens is 621 g/mol. The van der Waals surface area contributed by atoms with Gasteiger partial charge in [-0.1, -0.05) is 42.8 Å². The first-order valence-corrected chi connectivity index (χ1v) is 15.4. The van der Waals surface area contributed by atoms with Gasteiger partial charge in [-0.05, 0) is 37.5 Å². The van der Waals surface area contributed by atoms with Crippen LogP contribution in [-0.2, 0) is 14.3 Å². The molecule has 1 amide bonds. The van der Waals surface area contributed by atoms with Crippen molar-refractivity contribution in [2.45, 2.75) is 56.0 Å². The fourth-order valence-corrected chi connectivity index (χ4v) is 6.48. The number of carbonyl (C=O) groups is 3. The molecule has 0 unspecified atom stereocenters. The Morgan fingerprint density at radius 2 is 1.89 bits per heavy atom. The number of alkyl halides is 3. The Labute approximate surface area is 269 Å². The molecule has 2 N–H and O–H groups in total. The highest BCUT2D eigenvalue weighted by atomic mass is 19.4. The van der Waals surface area contributed by atoms with Gasteiger partial charge in [0.2, 0.25) is 0 Å². The molecule has 1 saturated carbocycles. The minimum absolute atomic E-state index is 0.100. The number of aromatic carboxylic acids is 1. The number of ether oxygens (including phenoxy) is 3. The van der Waals surface area contributed by atoms with Crippen molar-refractivity contribution < 1.29 is 46.9 Å². The third kappa shape index (κ3) is 7.60. The minimum atomic E-state index is -5.19. The summed E-state index contributed by atoms with van der Waals surface area (Å²) in [5.74, 6) is -3.32. The number of nitrogens with zero attached hydrogens (tertiary/aromatic N) is 3. The number of carboxylic acids is 1. The van der Waals surface area contributed by atoms with Gasteiger partial charge < -0.3 is 34.1 Å². The lowest BCUT2D eigenvalue weighted by molar-refractivity contribution is -0.226. The van der Waals surface area contributed by atoms with E-state index in [0.29, 0.717) is 62.3 Å². The third-order valence-corrected chi connectivity index (χ3v) is 8.64. The molecule has 0 radical (unpaired) electrons. The number of esters is 1. The number of benzene rings is 2. The number of amides is 1. The second-order valence-electron chi connectivity index (χ2n) is 11.7. The fourth-order valence-electron chi connectivity index (χ4n) is 6.48. The van der Waals surface area contributed by atoms with E-state index in [4.69, 9.17) is 14.2 Å². The molecule has 252 valence electrons. The Bertz CT molecular complexity index is 1560.